The van der Waals surface area contributed by atoms with Gasteiger partial charge in [-0.1, -0.05) is 35.3 Å². The lowest BCUT2D eigenvalue weighted by Crippen LogP contribution is -2.32. The van der Waals surface area contributed by atoms with Crippen LogP contribution in [0.3, 0.4) is 0 Å². The minimum Gasteiger partial charge on any atom is -0.367 e. The highest BCUT2D eigenvalue weighted by atomic mass is 35.5. The highest BCUT2D eigenvalue weighted by Crippen LogP contribution is 2.50. The van der Waals surface area contributed by atoms with Crippen LogP contribution in [0, 0.1) is 37.7 Å². The van der Waals surface area contributed by atoms with Crippen molar-refractivity contribution in [3.63, 3.8) is 0 Å². The van der Waals surface area contributed by atoms with Crippen LogP contribution in [0.4, 0.5) is 35.9 Å². The number of piperidine rings is 1. The number of rotatable bonds is 6. The van der Waals surface area contributed by atoms with Gasteiger partial charge >= 0.3 is 0 Å². The van der Waals surface area contributed by atoms with Crippen molar-refractivity contribution in [2.75, 3.05) is 22.9 Å². The third kappa shape index (κ3) is 5.03. The van der Waals surface area contributed by atoms with Crippen molar-refractivity contribution in [1.82, 2.24) is 0 Å². The zero-order chi connectivity index (χ0) is 28.7. The van der Waals surface area contributed by atoms with Gasteiger partial charge in [-0.05, 0) is 55.4 Å². The van der Waals surface area contributed by atoms with Gasteiger partial charge in [0.1, 0.15) is 15.7 Å². The fraction of sp³-hybridized carbons (Fsp3) is 0.333. The van der Waals surface area contributed by atoms with Gasteiger partial charge in [0.05, 0.1) is 27.6 Å². The Hall–Kier alpha value is -3.57. The summed E-state index contributed by atoms with van der Waals surface area (Å²) in [5.74, 6) is -3.54. The first-order valence-electron chi connectivity index (χ1n) is 12.7. The number of hydrogen-bond acceptors (Lipinski definition) is 6. The van der Waals surface area contributed by atoms with Gasteiger partial charge in [-0.3, -0.25) is 20.2 Å². The summed E-state index contributed by atoms with van der Waals surface area (Å²) in [6, 6.07) is 7.66. The molecular weight excluding hydrogens is 572 g/mol. The Morgan fingerprint density at radius 3 is 1.73 bits per heavy atom. The van der Waals surface area contributed by atoms with Crippen molar-refractivity contribution < 1.29 is 23.0 Å². The Morgan fingerprint density at radius 1 is 0.750 bits per heavy atom. The van der Waals surface area contributed by atoms with E-state index in [1.165, 1.54) is 46.2 Å². The lowest BCUT2D eigenvalue weighted by Gasteiger charge is -2.35. The largest absolute Gasteiger partial charge is 0.367 e. The predicted molar refractivity (Wildman–Crippen MR) is 146 cm³/mol. The standard InChI is InChI=1S/C27H23Cl2F3N4O4/c28-17-6-4-15(12-22(17)35(37)38)20-8-9-21(16-5-7-18(29)23(13-16)36(39)40)34(20)24-14-19(30)27(26(32)25(24)31)33-10-2-1-3-11-33/h4-7,12-14,20-21H,1-3,8-11H2. The summed E-state index contributed by atoms with van der Waals surface area (Å²) in [4.78, 5) is 24.7. The fourth-order valence-corrected chi connectivity index (χ4v) is 6.10. The molecule has 40 heavy (non-hydrogen) atoms. The predicted octanol–water partition coefficient (Wildman–Crippen LogP) is 8.30. The van der Waals surface area contributed by atoms with Crippen molar-refractivity contribution in [2.24, 2.45) is 0 Å². The summed E-state index contributed by atoms with van der Waals surface area (Å²) in [5.41, 5.74) is -0.813. The van der Waals surface area contributed by atoms with Gasteiger partial charge in [0.15, 0.2) is 17.5 Å². The summed E-state index contributed by atoms with van der Waals surface area (Å²) in [6.45, 7) is 0.787. The van der Waals surface area contributed by atoms with Crippen molar-refractivity contribution in [3.05, 3.63) is 101 Å². The molecule has 3 aromatic rings. The zero-order valence-corrected chi connectivity index (χ0v) is 22.5. The number of nitrogens with zero attached hydrogens (tertiary/aromatic N) is 4. The van der Waals surface area contributed by atoms with E-state index >= 15 is 13.2 Å². The van der Waals surface area contributed by atoms with Gasteiger partial charge in [0.2, 0.25) is 0 Å². The summed E-state index contributed by atoms with van der Waals surface area (Å²) in [5, 5.41) is 22.9. The number of anilines is 2. The number of benzene rings is 3. The molecule has 2 atom stereocenters. The first-order valence-corrected chi connectivity index (χ1v) is 13.4. The summed E-state index contributed by atoms with van der Waals surface area (Å²) >= 11 is 12.0. The van der Waals surface area contributed by atoms with E-state index in [4.69, 9.17) is 23.2 Å². The molecule has 0 aromatic heterocycles. The van der Waals surface area contributed by atoms with Gasteiger partial charge in [-0.2, -0.15) is 0 Å². The number of halogens is 5. The molecule has 0 spiro atoms. The van der Waals surface area contributed by atoms with Gasteiger partial charge in [0, 0.05) is 31.3 Å². The van der Waals surface area contributed by atoms with Crippen LogP contribution in [0.5, 0.6) is 0 Å². The molecule has 2 fully saturated rings. The average Bonchev–Trinajstić information content (AvgIpc) is 3.36. The minimum absolute atomic E-state index is 0.0997. The van der Waals surface area contributed by atoms with E-state index in [9.17, 15) is 20.2 Å². The number of nitro groups is 2. The van der Waals surface area contributed by atoms with E-state index in [1.54, 1.807) is 0 Å². The van der Waals surface area contributed by atoms with Crippen LogP contribution in [0.1, 0.15) is 55.3 Å². The molecule has 5 rings (SSSR count). The number of nitro benzene ring substituents is 2. The van der Waals surface area contributed by atoms with Crippen LogP contribution in [0.15, 0.2) is 42.5 Å². The third-order valence-electron chi connectivity index (χ3n) is 7.55. The van der Waals surface area contributed by atoms with Crippen LogP contribution < -0.4 is 9.80 Å². The summed E-state index contributed by atoms with van der Waals surface area (Å²) < 4.78 is 47.0. The minimum atomic E-state index is -1.33. The van der Waals surface area contributed by atoms with Crippen molar-refractivity contribution in [1.29, 1.82) is 0 Å². The highest BCUT2D eigenvalue weighted by Gasteiger charge is 2.40. The molecule has 0 saturated carbocycles. The van der Waals surface area contributed by atoms with E-state index in [-0.39, 0.29) is 21.4 Å². The molecular formula is C27H23Cl2F3N4O4. The monoisotopic (exact) mass is 594 g/mol. The van der Waals surface area contributed by atoms with Crippen LogP contribution >= 0.6 is 23.2 Å². The van der Waals surface area contributed by atoms with Crippen LogP contribution in [0.2, 0.25) is 10.0 Å². The van der Waals surface area contributed by atoms with Crippen LogP contribution in [-0.4, -0.2) is 22.9 Å². The van der Waals surface area contributed by atoms with Crippen molar-refractivity contribution in [3.8, 4) is 0 Å². The molecule has 210 valence electrons. The zero-order valence-electron chi connectivity index (χ0n) is 21.0. The Kier molecular flexibility index (Phi) is 7.78. The molecule has 0 amide bonds. The molecule has 2 aliphatic rings. The van der Waals surface area contributed by atoms with Crippen molar-refractivity contribution >= 4 is 46.0 Å². The van der Waals surface area contributed by atoms with E-state index < -0.39 is 50.8 Å². The smallest absolute Gasteiger partial charge is 0.288 e. The first-order chi connectivity index (χ1) is 19.1. The normalized spacial score (nSPS) is 19.2. The van der Waals surface area contributed by atoms with Crippen molar-refractivity contribution in [2.45, 2.75) is 44.2 Å². The maximum atomic E-state index is 15.9. The summed E-state index contributed by atoms with van der Waals surface area (Å²) in [6.07, 6.45) is 2.97. The Labute approximate surface area is 237 Å². The topological polar surface area (TPSA) is 92.8 Å². The summed E-state index contributed by atoms with van der Waals surface area (Å²) in [7, 11) is 0. The second-order valence-electron chi connectivity index (χ2n) is 9.85. The van der Waals surface area contributed by atoms with Gasteiger partial charge in [-0.25, -0.2) is 13.2 Å². The second kappa shape index (κ2) is 11.1. The SMILES string of the molecule is O=[N+]([O-])c1cc(C2CCC(c3ccc(Cl)c([N+](=O)[O-])c3)N2c2cc(F)c(N3CCCCC3)c(F)c2F)ccc1Cl. The highest BCUT2D eigenvalue weighted by molar-refractivity contribution is 6.33. The second-order valence-corrected chi connectivity index (χ2v) is 10.7. The van der Waals surface area contributed by atoms with Gasteiger partial charge in [0.25, 0.3) is 11.4 Å². The molecule has 2 unspecified atom stereocenters. The van der Waals surface area contributed by atoms with Gasteiger partial charge in [-0.15, -0.1) is 0 Å². The van der Waals surface area contributed by atoms with E-state index in [1.807, 2.05) is 0 Å². The van der Waals surface area contributed by atoms with E-state index in [0.29, 0.717) is 37.1 Å². The number of hydrogen-bond donors (Lipinski definition) is 0. The van der Waals surface area contributed by atoms with E-state index in [0.717, 1.165) is 25.3 Å². The van der Waals surface area contributed by atoms with Crippen LogP contribution in [-0.2, 0) is 0 Å². The molecule has 2 saturated heterocycles. The third-order valence-corrected chi connectivity index (χ3v) is 8.19. The van der Waals surface area contributed by atoms with Crippen LogP contribution in [0.25, 0.3) is 0 Å². The lowest BCUT2D eigenvalue weighted by molar-refractivity contribution is -0.384. The molecule has 2 heterocycles. The Balaban J connectivity index is 1.67. The Bertz CT molecular complexity index is 1430. The lowest BCUT2D eigenvalue weighted by atomic mass is 10.0. The molecule has 3 aromatic carbocycles. The Morgan fingerprint density at radius 2 is 1.25 bits per heavy atom. The fourth-order valence-electron chi connectivity index (χ4n) is 5.72. The molecule has 0 aliphatic carbocycles. The molecule has 0 bridgehead atoms. The average molecular weight is 595 g/mol. The molecule has 8 nitrogen and oxygen atoms in total. The molecule has 2 aliphatic heterocycles. The molecule has 13 heteroatoms. The van der Waals surface area contributed by atoms with E-state index in [2.05, 4.69) is 0 Å². The van der Waals surface area contributed by atoms with Gasteiger partial charge < -0.3 is 9.80 Å². The quantitative estimate of drug-likeness (QED) is 0.162. The molecule has 0 radical (unpaired) electrons. The molecule has 0 N–H and O–H groups in total. The maximum Gasteiger partial charge on any atom is 0.288 e. The first kappa shape index (κ1) is 28.0. The maximum absolute atomic E-state index is 15.9.